The van der Waals surface area contributed by atoms with E-state index in [1.165, 1.54) is 0 Å². The topological polar surface area (TPSA) is 51.2 Å². The van der Waals surface area contributed by atoms with Crippen LogP contribution in [0.1, 0.15) is 28.4 Å². The first-order chi connectivity index (χ1) is 15.4. The molecule has 0 aliphatic heterocycles. The standard InChI is InChI=1S/C26H22Cl2N2O2/c1-4-32-19-8-6-18(7-9-19)29-26(31)22-14-24(20-10-5-17(27)13-23(20)28)30-25-16(3)11-15(2)12-21(22)25/h5-14H,4H2,1-3H3,(H,29,31). The van der Waals surface area contributed by atoms with Crippen LogP contribution in [-0.2, 0) is 0 Å². The summed E-state index contributed by atoms with van der Waals surface area (Å²) in [7, 11) is 0. The maximum Gasteiger partial charge on any atom is 0.256 e. The van der Waals surface area contributed by atoms with Crippen LogP contribution in [-0.4, -0.2) is 17.5 Å². The molecule has 4 nitrogen and oxygen atoms in total. The molecule has 1 amide bonds. The number of hydrogen-bond acceptors (Lipinski definition) is 3. The molecule has 0 aliphatic rings. The molecule has 3 aromatic carbocycles. The van der Waals surface area contributed by atoms with Gasteiger partial charge in [0.25, 0.3) is 5.91 Å². The van der Waals surface area contributed by atoms with Crippen LogP contribution < -0.4 is 10.1 Å². The lowest BCUT2D eigenvalue weighted by Crippen LogP contribution is -2.13. The minimum Gasteiger partial charge on any atom is -0.494 e. The van der Waals surface area contributed by atoms with Crippen LogP contribution >= 0.6 is 23.2 Å². The van der Waals surface area contributed by atoms with E-state index >= 15 is 0 Å². The Morgan fingerprint density at radius 3 is 2.44 bits per heavy atom. The molecule has 4 aromatic rings. The Kier molecular flexibility index (Phi) is 6.35. The van der Waals surface area contributed by atoms with Gasteiger partial charge in [-0.2, -0.15) is 0 Å². The number of ether oxygens (including phenoxy) is 1. The van der Waals surface area contributed by atoms with Gasteiger partial charge in [0.15, 0.2) is 0 Å². The summed E-state index contributed by atoms with van der Waals surface area (Å²) in [5.41, 5.74) is 5.34. The summed E-state index contributed by atoms with van der Waals surface area (Å²) in [5, 5.41) is 4.80. The molecular formula is C26H22Cl2N2O2. The van der Waals surface area contributed by atoms with Crippen molar-refractivity contribution < 1.29 is 9.53 Å². The molecule has 0 bridgehead atoms. The third kappa shape index (κ3) is 4.57. The second kappa shape index (κ2) is 9.19. The number of aromatic nitrogens is 1. The highest BCUT2D eigenvalue weighted by molar-refractivity contribution is 6.36. The second-order valence-electron chi connectivity index (χ2n) is 7.57. The number of carbonyl (C=O) groups is 1. The van der Waals surface area contributed by atoms with E-state index < -0.39 is 0 Å². The van der Waals surface area contributed by atoms with Crippen molar-refractivity contribution >= 4 is 45.7 Å². The van der Waals surface area contributed by atoms with Crippen LogP contribution in [0.4, 0.5) is 5.69 Å². The largest absolute Gasteiger partial charge is 0.494 e. The lowest BCUT2D eigenvalue weighted by Gasteiger charge is -2.14. The summed E-state index contributed by atoms with van der Waals surface area (Å²) in [6.07, 6.45) is 0. The van der Waals surface area contributed by atoms with Crippen molar-refractivity contribution in [2.24, 2.45) is 0 Å². The van der Waals surface area contributed by atoms with Crippen molar-refractivity contribution in [3.05, 3.63) is 87.4 Å². The zero-order valence-corrected chi connectivity index (χ0v) is 19.5. The number of anilines is 1. The molecular weight excluding hydrogens is 443 g/mol. The molecule has 0 saturated carbocycles. The van der Waals surface area contributed by atoms with Gasteiger partial charge in [0.1, 0.15) is 5.75 Å². The van der Waals surface area contributed by atoms with Crippen LogP contribution in [0, 0.1) is 13.8 Å². The molecule has 4 rings (SSSR count). The molecule has 6 heteroatoms. The van der Waals surface area contributed by atoms with E-state index in [2.05, 4.69) is 11.4 Å². The number of nitrogens with one attached hydrogen (secondary N) is 1. The van der Waals surface area contributed by atoms with Gasteiger partial charge in [0.05, 0.1) is 28.4 Å². The highest BCUT2D eigenvalue weighted by atomic mass is 35.5. The number of amides is 1. The predicted molar refractivity (Wildman–Crippen MR) is 132 cm³/mol. The number of carbonyl (C=O) groups excluding carboxylic acids is 1. The van der Waals surface area contributed by atoms with E-state index in [1.807, 2.05) is 57.2 Å². The Morgan fingerprint density at radius 2 is 1.75 bits per heavy atom. The van der Waals surface area contributed by atoms with Crippen LogP contribution in [0.25, 0.3) is 22.2 Å². The van der Waals surface area contributed by atoms with E-state index in [-0.39, 0.29) is 5.91 Å². The number of rotatable bonds is 5. The number of hydrogen-bond donors (Lipinski definition) is 1. The molecule has 32 heavy (non-hydrogen) atoms. The van der Waals surface area contributed by atoms with E-state index in [9.17, 15) is 4.79 Å². The summed E-state index contributed by atoms with van der Waals surface area (Å²) >= 11 is 12.5. The minimum atomic E-state index is -0.224. The van der Waals surface area contributed by atoms with Crippen molar-refractivity contribution in [3.8, 4) is 17.0 Å². The highest BCUT2D eigenvalue weighted by Gasteiger charge is 2.17. The van der Waals surface area contributed by atoms with Crippen molar-refractivity contribution in [1.29, 1.82) is 0 Å². The Morgan fingerprint density at radius 1 is 1.00 bits per heavy atom. The van der Waals surface area contributed by atoms with Crippen molar-refractivity contribution in [2.45, 2.75) is 20.8 Å². The summed E-state index contributed by atoms with van der Waals surface area (Å²) in [6.45, 7) is 6.51. The summed E-state index contributed by atoms with van der Waals surface area (Å²) in [4.78, 5) is 18.2. The fourth-order valence-electron chi connectivity index (χ4n) is 3.70. The molecule has 0 fully saturated rings. The summed E-state index contributed by atoms with van der Waals surface area (Å²) < 4.78 is 5.48. The maximum absolute atomic E-state index is 13.4. The predicted octanol–water partition coefficient (Wildman–Crippen LogP) is 7.48. The van der Waals surface area contributed by atoms with Crippen molar-refractivity contribution in [1.82, 2.24) is 4.98 Å². The fraction of sp³-hybridized carbons (Fsp3) is 0.154. The molecule has 0 radical (unpaired) electrons. The first kappa shape index (κ1) is 22.1. The number of nitrogens with zero attached hydrogens (tertiary/aromatic N) is 1. The third-order valence-electron chi connectivity index (χ3n) is 5.12. The quantitative estimate of drug-likeness (QED) is 0.333. The lowest BCUT2D eigenvalue weighted by molar-refractivity contribution is 0.102. The Labute approximate surface area is 197 Å². The molecule has 1 aromatic heterocycles. The van der Waals surface area contributed by atoms with Crippen LogP contribution in [0.2, 0.25) is 10.0 Å². The number of halogens is 2. The first-order valence-corrected chi connectivity index (χ1v) is 11.0. The second-order valence-corrected chi connectivity index (χ2v) is 8.41. The lowest BCUT2D eigenvalue weighted by atomic mass is 9.99. The van der Waals surface area contributed by atoms with Gasteiger partial charge in [-0.25, -0.2) is 4.98 Å². The zero-order chi connectivity index (χ0) is 22.8. The Hall–Kier alpha value is -3.08. The molecule has 1 heterocycles. The number of benzene rings is 3. The van der Waals surface area contributed by atoms with Crippen molar-refractivity contribution in [3.63, 3.8) is 0 Å². The van der Waals surface area contributed by atoms with Gasteiger partial charge in [-0.3, -0.25) is 4.79 Å². The molecule has 0 atom stereocenters. The van der Waals surface area contributed by atoms with Crippen LogP contribution in [0.3, 0.4) is 0 Å². The van der Waals surface area contributed by atoms with Gasteiger partial charge in [-0.15, -0.1) is 0 Å². The molecule has 0 saturated heterocycles. The van der Waals surface area contributed by atoms with Gasteiger partial charge < -0.3 is 10.1 Å². The van der Waals surface area contributed by atoms with E-state index in [0.29, 0.717) is 39.2 Å². The van der Waals surface area contributed by atoms with Gasteiger partial charge in [0.2, 0.25) is 0 Å². The van der Waals surface area contributed by atoms with E-state index in [1.54, 1.807) is 18.2 Å². The summed E-state index contributed by atoms with van der Waals surface area (Å²) in [6, 6.07) is 18.4. The average molecular weight is 465 g/mol. The third-order valence-corrected chi connectivity index (χ3v) is 5.67. The molecule has 0 unspecified atom stereocenters. The average Bonchev–Trinajstić information content (AvgIpc) is 2.75. The first-order valence-electron chi connectivity index (χ1n) is 10.3. The van der Waals surface area contributed by atoms with Gasteiger partial charge in [-0.05, 0) is 80.9 Å². The monoisotopic (exact) mass is 464 g/mol. The normalized spacial score (nSPS) is 10.9. The van der Waals surface area contributed by atoms with Gasteiger partial charge in [-0.1, -0.05) is 34.8 Å². The highest BCUT2D eigenvalue weighted by Crippen LogP contribution is 2.33. The smallest absolute Gasteiger partial charge is 0.256 e. The fourth-order valence-corrected chi connectivity index (χ4v) is 4.21. The molecule has 0 aliphatic carbocycles. The van der Waals surface area contributed by atoms with Gasteiger partial charge >= 0.3 is 0 Å². The molecule has 1 N–H and O–H groups in total. The van der Waals surface area contributed by atoms with Crippen LogP contribution in [0.15, 0.2) is 60.7 Å². The Bertz CT molecular complexity index is 1320. The Balaban J connectivity index is 1.82. The minimum absolute atomic E-state index is 0.224. The van der Waals surface area contributed by atoms with E-state index in [0.717, 1.165) is 27.8 Å². The summed E-state index contributed by atoms with van der Waals surface area (Å²) in [5.74, 6) is 0.531. The number of fused-ring (bicyclic) bond motifs is 1. The van der Waals surface area contributed by atoms with E-state index in [4.69, 9.17) is 32.9 Å². The number of aryl methyl sites for hydroxylation is 2. The maximum atomic E-state index is 13.4. The van der Waals surface area contributed by atoms with Crippen LogP contribution in [0.5, 0.6) is 5.75 Å². The van der Waals surface area contributed by atoms with Crippen molar-refractivity contribution in [2.75, 3.05) is 11.9 Å². The van der Waals surface area contributed by atoms with Gasteiger partial charge in [0, 0.05) is 21.7 Å². The molecule has 162 valence electrons. The SMILES string of the molecule is CCOc1ccc(NC(=O)c2cc(-c3ccc(Cl)cc3Cl)nc3c(C)cc(C)cc23)cc1. The molecule has 0 spiro atoms. The zero-order valence-electron chi connectivity index (χ0n) is 18.0. The number of pyridine rings is 1.